The molecule has 0 saturated carbocycles. The van der Waals surface area contributed by atoms with E-state index < -0.39 is 0 Å². The molecule has 53 valence electrons. The molecule has 0 aliphatic carbocycles. The second kappa shape index (κ2) is 15.6. The van der Waals surface area contributed by atoms with Crippen LogP contribution < -0.4 is 0 Å². The maximum Gasteiger partial charge on any atom is 0.133 e. The molecule has 0 aliphatic heterocycles. The van der Waals surface area contributed by atoms with Gasteiger partial charge in [0.25, 0.3) is 0 Å². The third-order valence-corrected chi connectivity index (χ3v) is 0. The molecule has 0 fully saturated rings. The Morgan fingerprint density at radius 2 is 1.75 bits per heavy atom. The molecule has 0 saturated heterocycles. The third-order valence-electron chi connectivity index (χ3n) is 0. The summed E-state index contributed by atoms with van der Waals surface area (Å²) in [5.41, 5.74) is 0. The molecule has 0 amide bonds. The van der Waals surface area contributed by atoms with E-state index in [-0.39, 0.29) is 33.1 Å². The van der Waals surface area contributed by atoms with Crippen molar-refractivity contribution in [2.24, 2.45) is 0 Å². The summed E-state index contributed by atoms with van der Waals surface area (Å²) in [6.07, 6.45) is -0.0833. The van der Waals surface area contributed by atoms with Gasteiger partial charge < -0.3 is 5.11 Å². The Balaban J connectivity index is -0.0000000575. The molecule has 3 heteroatoms. The minimum atomic E-state index is -0.0833. The Bertz CT molecular complexity index is 21.6. The predicted octanol–water partition coefficient (Wildman–Crippen LogP) is 0.799. The van der Waals surface area contributed by atoms with Crippen LogP contribution in [0.1, 0.15) is 13.8 Å². The van der Waals surface area contributed by atoms with Crippen molar-refractivity contribution in [1.82, 2.24) is 0 Å². The predicted molar refractivity (Wildman–Crippen MR) is 27.7 cm³/mol. The SMILES string of the molecule is CCO.[CH2][C](C)[O].[Pd]. The summed E-state index contributed by atoms with van der Waals surface area (Å²) >= 11 is 0. The number of hydrogen-bond donors (Lipinski definition) is 1. The number of rotatable bonds is 0. The van der Waals surface area contributed by atoms with Gasteiger partial charge >= 0.3 is 0 Å². The quantitative estimate of drug-likeness (QED) is 0.589. The van der Waals surface area contributed by atoms with Crippen molar-refractivity contribution in [2.45, 2.75) is 13.8 Å². The molecule has 0 aromatic carbocycles. The van der Waals surface area contributed by atoms with E-state index in [9.17, 15) is 5.11 Å². The van der Waals surface area contributed by atoms with Crippen molar-refractivity contribution in [3.05, 3.63) is 13.0 Å². The van der Waals surface area contributed by atoms with Gasteiger partial charge in [0, 0.05) is 27.0 Å². The summed E-state index contributed by atoms with van der Waals surface area (Å²) in [5, 5.41) is 16.9. The van der Waals surface area contributed by atoms with Gasteiger partial charge in [-0.1, -0.05) is 0 Å². The molecule has 0 spiro atoms. The van der Waals surface area contributed by atoms with Crippen LogP contribution in [-0.4, -0.2) is 11.7 Å². The summed E-state index contributed by atoms with van der Waals surface area (Å²) < 4.78 is 0. The summed E-state index contributed by atoms with van der Waals surface area (Å²) in [4.78, 5) is 0. The molecule has 3 radical (unpaired) electrons. The monoisotopic (exact) mass is 209 g/mol. The second-order valence-corrected chi connectivity index (χ2v) is 1.02. The largest absolute Gasteiger partial charge is 0.397 e. The molecule has 0 bridgehead atoms. The van der Waals surface area contributed by atoms with Gasteiger partial charge in [-0.3, -0.25) is 0 Å². The topological polar surface area (TPSA) is 40.1 Å². The number of aliphatic hydroxyl groups excluding tert-OH is 1. The first-order valence-corrected chi connectivity index (χ1v) is 2.08. The molecule has 0 rings (SSSR count). The molecular weight excluding hydrogens is 198 g/mol. The van der Waals surface area contributed by atoms with E-state index in [0.717, 1.165) is 0 Å². The summed E-state index contributed by atoms with van der Waals surface area (Å²) in [7, 11) is 0. The van der Waals surface area contributed by atoms with Crippen molar-refractivity contribution in [3.8, 4) is 0 Å². The molecule has 0 aromatic heterocycles. The van der Waals surface area contributed by atoms with E-state index in [2.05, 4.69) is 6.92 Å². The molecule has 1 N–H and O–H groups in total. The first kappa shape index (κ1) is 15.8. The molecular formula is C5H11O2Pd. The van der Waals surface area contributed by atoms with E-state index >= 15 is 0 Å². The normalized spacial score (nSPS) is 6.75. The van der Waals surface area contributed by atoms with Crippen LogP contribution in [0.4, 0.5) is 0 Å². The Morgan fingerprint density at radius 1 is 1.75 bits per heavy atom. The van der Waals surface area contributed by atoms with Crippen LogP contribution in [0.5, 0.6) is 0 Å². The van der Waals surface area contributed by atoms with Crippen LogP contribution in [0.15, 0.2) is 0 Å². The average molecular weight is 210 g/mol. The van der Waals surface area contributed by atoms with Gasteiger partial charge in [-0.25, -0.2) is 5.11 Å². The van der Waals surface area contributed by atoms with Gasteiger partial charge in [0.15, 0.2) is 0 Å². The van der Waals surface area contributed by atoms with Crippen LogP contribution in [0, 0.1) is 13.0 Å². The van der Waals surface area contributed by atoms with Crippen molar-refractivity contribution in [3.63, 3.8) is 0 Å². The Labute approximate surface area is 64.6 Å². The van der Waals surface area contributed by atoms with Crippen LogP contribution in [0.3, 0.4) is 0 Å². The average Bonchev–Trinajstić information content (AvgIpc) is 1.33. The van der Waals surface area contributed by atoms with E-state index in [4.69, 9.17) is 5.11 Å². The maximum absolute atomic E-state index is 9.33. The van der Waals surface area contributed by atoms with Gasteiger partial charge in [-0.2, -0.15) is 0 Å². The van der Waals surface area contributed by atoms with Crippen LogP contribution in [0.25, 0.3) is 0 Å². The first-order valence-electron chi connectivity index (χ1n) is 2.08. The van der Waals surface area contributed by atoms with Gasteiger partial charge in [-0.05, 0) is 20.8 Å². The minimum absolute atomic E-state index is 0. The number of aliphatic hydroxyl groups is 1. The van der Waals surface area contributed by atoms with Gasteiger partial charge in [0.05, 0.1) is 0 Å². The second-order valence-electron chi connectivity index (χ2n) is 1.02. The molecule has 8 heavy (non-hydrogen) atoms. The van der Waals surface area contributed by atoms with Crippen molar-refractivity contribution in [2.75, 3.05) is 6.61 Å². The fourth-order valence-corrected chi connectivity index (χ4v) is 0. The van der Waals surface area contributed by atoms with Crippen molar-refractivity contribution in [1.29, 1.82) is 0 Å². The van der Waals surface area contributed by atoms with Crippen LogP contribution in [0.2, 0.25) is 0 Å². The molecule has 2 nitrogen and oxygen atoms in total. The smallest absolute Gasteiger partial charge is 0.133 e. The summed E-state index contributed by atoms with van der Waals surface area (Å²) in [6.45, 7) is 6.35. The zero-order valence-electron chi connectivity index (χ0n) is 5.09. The van der Waals surface area contributed by atoms with E-state index in [1.54, 1.807) is 6.92 Å². The van der Waals surface area contributed by atoms with E-state index in [1.807, 2.05) is 0 Å². The molecule has 0 aliphatic rings. The Kier molecular flexibility index (Phi) is 31.0. The summed E-state index contributed by atoms with van der Waals surface area (Å²) in [6, 6.07) is 0. The first-order chi connectivity index (χ1) is 3.15. The van der Waals surface area contributed by atoms with Crippen molar-refractivity contribution < 1.29 is 30.6 Å². The van der Waals surface area contributed by atoms with Crippen LogP contribution in [-0.2, 0) is 25.5 Å². The third kappa shape index (κ3) is 605. The number of hydrogen-bond acceptors (Lipinski definition) is 1. The Hall–Kier alpha value is 0.582. The zero-order chi connectivity index (χ0) is 6.28. The van der Waals surface area contributed by atoms with Gasteiger partial charge in [0.1, 0.15) is 6.10 Å². The fraction of sp³-hybridized carbons (Fsp3) is 0.600. The standard InChI is InChI=1S/C3H5O.C2H6O.Pd/c1-3(2)4;1-2-3;/h1H2,2H3;3H,2H2,1H3;. The van der Waals surface area contributed by atoms with Gasteiger partial charge in [0.2, 0.25) is 0 Å². The fourth-order valence-electron chi connectivity index (χ4n) is 0. The van der Waals surface area contributed by atoms with Crippen molar-refractivity contribution >= 4 is 0 Å². The van der Waals surface area contributed by atoms with Gasteiger partial charge in [-0.15, -0.1) is 0 Å². The van der Waals surface area contributed by atoms with Crippen LogP contribution >= 0.6 is 0 Å². The minimum Gasteiger partial charge on any atom is -0.397 e. The maximum atomic E-state index is 9.33. The molecule has 0 unspecified atom stereocenters. The Morgan fingerprint density at radius 3 is 1.75 bits per heavy atom. The molecule has 0 atom stereocenters. The summed E-state index contributed by atoms with van der Waals surface area (Å²) in [5.74, 6) is 0. The van der Waals surface area contributed by atoms with E-state index in [1.165, 1.54) is 6.92 Å². The molecule has 0 aromatic rings. The zero-order valence-corrected chi connectivity index (χ0v) is 6.64. The van der Waals surface area contributed by atoms with E-state index in [0.29, 0.717) is 0 Å². The molecule has 0 heterocycles.